The van der Waals surface area contributed by atoms with Crippen molar-refractivity contribution < 1.29 is 9.53 Å². The fourth-order valence-electron chi connectivity index (χ4n) is 2.08. The second-order valence-electron chi connectivity index (χ2n) is 4.76. The lowest BCUT2D eigenvalue weighted by molar-refractivity contribution is -0.169. The lowest BCUT2D eigenvalue weighted by Gasteiger charge is -2.53. The Bertz CT molecular complexity index is 213. The molecule has 2 aliphatic rings. The van der Waals surface area contributed by atoms with Crippen LogP contribution in [0.1, 0.15) is 26.7 Å². The average Bonchev–Trinajstić information content (AvgIpc) is 1.90. The molecule has 0 aromatic carbocycles. The Balaban J connectivity index is 1.72. The highest BCUT2D eigenvalue weighted by Gasteiger charge is 2.50. The molecule has 0 aromatic heterocycles. The smallest absolute Gasteiger partial charge is 0.222 e. The summed E-state index contributed by atoms with van der Waals surface area (Å²) in [6.07, 6.45) is 2.23. The number of carbonyl (C=O) groups is 1. The molecule has 1 amide bonds. The maximum atomic E-state index is 11.3. The van der Waals surface area contributed by atoms with E-state index in [1.165, 1.54) is 0 Å². The molecule has 1 saturated heterocycles. The minimum absolute atomic E-state index is 0.106. The minimum atomic E-state index is 0.106. The number of ether oxygens (including phenoxy) is 1. The minimum Gasteiger partial charge on any atom is -0.380 e. The van der Waals surface area contributed by atoms with Crippen molar-refractivity contribution in [1.82, 2.24) is 5.32 Å². The van der Waals surface area contributed by atoms with E-state index in [4.69, 9.17) is 4.74 Å². The first-order chi connectivity index (χ1) is 6.11. The van der Waals surface area contributed by atoms with Crippen LogP contribution in [0.3, 0.4) is 0 Å². The zero-order valence-electron chi connectivity index (χ0n) is 8.30. The largest absolute Gasteiger partial charge is 0.380 e. The monoisotopic (exact) mass is 183 g/mol. The van der Waals surface area contributed by atoms with Crippen LogP contribution >= 0.6 is 0 Å². The number of amides is 1. The van der Waals surface area contributed by atoms with Crippen LogP contribution in [0, 0.1) is 11.3 Å². The Hall–Kier alpha value is -0.570. The molecule has 1 heterocycles. The molecule has 1 aliphatic heterocycles. The summed E-state index contributed by atoms with van der Waals surface area (Å²) in [5.74, 6) is 0.286. The maximum absolute atomic E-state index is 11.3. The molecule has 0 radical (unpaired) electrons. The van der Waals surface area contributed by atoms with E-state index < -0.39 is 0 Å². The molecule has 0 atom stereocenters. The van der Waals surface area contributed by atoms with Crippen molar-refractivity contribution in [1.29, 1.82) is 0 Å². The highest BCUT2D eigenvalue weighted by Crippen LogP contribution is 2.46. The number of nitrogens with one attached hydrogen (secondary N) is 1. The molecular weight excluding hydrogens is 166 g/mol. The lowest BCUT2D eigenvalue weighted by Crippen LogP contribution is -2.59. The van der Waals surface area contributed by atoms with Gasteiger partial charge in [-0.1, -0.05) is 13.8 Å². The summed E-state index contributed by atoms with van der Waals surface area (Å²) in [4.78, 5) is 11.3. The highest BCUT2D eigenvalue weighted by molar-refractivity contribution is 5.78. The van der Waals surface area contributed by atoms with Gasteiger partial charge in [-0.3, -0.25) is 4.79 Å². The fourth-order valence-corrected chi connectivity index (χ4v) is 2.08. The predicted molar refractivity (Wildman–Crippen MR) is 49.3 cm³/mol. The van der Waals surface area contributed by atoms with Gasteiger partial charge in [0.1, 0.15) is 0 Å². The Labute approximate surface area is 78.8 Å². The van der Waals surface area contributed by atoms with Crippen molar-refractivity contribution in [2.75, 3.05) is 13.2 Å². The normalized spacial score (nSPS) is 25.5. The van der Waals surface area contributed by atoms with Crippen molar-refractivity contribution in [2.45, 2.75) is 32.7 Å². The van der Waals surface area contributed by atoms with E-state index in [1.807, 2.05) is 13.8 Å². The molecular formula is C10H17NO2. The van der Waals surface area contributed by atoms with Crippen molar-refractivity contribution in [3.63, 3.8) is 0 Å². The molecule has 1 N–H and O–H groups in total. The molecule has 3 heteroatoms. The topological polar surface area (TPSA) is 38.3 Å². The van der Waals surface area contributed by atoms with Gasteiger partial charge < -0.3 is 10.1 Å². The van der Waals surface area contributed by atoms with Gasteiger partial charge in [0.25, 0.3) is 0 Å². The van der Waals surface area contributed by atoms with Gasteiger partial charge in [-0.25, -0.2) is 0 Å². The molecule has 2 rings (SSSR count). The molecule has 3 nitrogen and oxygen atoms in total. The fraction of sp³-hybridized carbons (Fsp3) is 0.900. The Kier molecular flexibility index (Phi) is 2.06. The first-order valence-electron chi connectivity index (χ1n) is 4.99. The van der Waals surface area contributed by atoms with E-state index in [0.717, 1.165) is 26.1 Å². The third-order valence-electron chi connectivity index (χ3n) is 3.05. The van der Waals surface area contributed by atoms with Gasteiger partial charge in [-0.2, -0.15) is 0 Å². The number of carbonyl (C=O) groups excluding carboxylic acids is 1. The quantitative estimate of drug-likeness (QED) is 0.692. The number of hydrogen-bond donors (Lipinski definition) is 1. The number of rotatable bonds is 2. The van der Waals surface area contributed by atoms with Crippen LogP contribution in [0.25, 0.3) is 0 Å². The van der Waals surface area contributed by atoms with Gasteiger partial charge in [-0.05, 0) is 12.8 Å². The van der Waals surface area contributed by atoms with Crippen molar-refractivity contribution in [3.05, 3.63) is 0 Å². The third-order valence-corrected chi connectivity index (χ3v) is 3.05. The molecule has 1 aliphatic carbocycles. The molecule has 13 heavy (non-hydrogen) atoms. The van der Waals surface area contributed by atoms with Gasteiger partial charge in [0.15, 0.2) is 0 Å². The Morgan fingerprint density at radius 1 is 1.46 bits per heavy atom. The Morgan fingerprint density at radius 3 is 2.46 bits per heavy atom. The van der Waals surface area contributed by atoms with Crippen LogP contribution < -0.4 is 5.32 Å². The standard InChI is InChI=1S/C10H17NO2/c1-7(2)9(12)11-8-3-10(4-8)5-13-6-10/h7-8H,3-6H2,1-2H3,(H,11,12). The molecule has 1 spiro atoms. The molecule has 1 saturated carbocycles. The van der Waals surface area contributed by atoms with Crippen LogP contribution in [0.4, 0.5) is 0 Å². The van der Waals surface area contributed by atoms with Crippen LogP contribution in [0.15, 0.2) is 0 Å². The summed E-state index contributed by atoms with van der Waals surface area (Å²) in [7, 11) is 0. The summed E-state index contributed by atoms with van der Waals surface area (Å²) < 4.78 is 5.17. The summed E-state index contributed by atoms with van der Waals surface area (Å²) in [6, 6.07) is 0.416. The van der Waals surface area contributed by atoms with Crippen LogP contribution in [0.2, 0.25) is 0 Å². The van der Waals surface area contributed by atoms with E-state index in [1.54, 1.807) is 0 Å². The van der Waals surface area contributed by atoms with Gasteiger partial charge in [0, 0.05) is 17.4 Å². The van der Waals surface area contributed by atoms with Crippen LogP contribution in [-0.2, 0) is 9.53 Å². The predicted octanol–water partition coefficient (Wildman–Crippen LogP) is 0.938. The van der Waals surface area contributed by atoms with Crippen molar-refractivity contribution in [2.24, 2.45) is 11.3 Å². The zero-order valence-corrected chi connectivity index (χ0v) is 8.30. The van der Waals surface area contributed by atoms with E-state index in [2.05, 4.69) is 5.32 Å². The molecule has 0 bridgehead atoms. The van der Waals surface area contributed by atoms with E-state index in [9.17, 15) is 4.79 Å². The SMILES string of the molecule is CC(C)C(=O)NC1CC2(COC2)C1. The number of hydrogen-bond acceptors (Lipinski definition) is 2. The summed E-state index contributed by atoms with van der Waals surface area (Å²) >= 11 is 0. The van der Waals surface area contributed by atoms with E-state index in [0.29, 0.717) is 11.5 Å². The van der Waals surface area contributed by atoms with E-state index in [-0.39, 0.29) is 11.8 Å². The van der Waals surface area contributed by atoms with Crippen LogP contribution in [0.5, 0.6) is 0 Å². The first-order valence-corrected chi connectivity index (χ1v) is 4.99. The van der Waals surface area contributed by atoms with Gasteiger partial charge >= 0.3 is 0 Å². The highest BCUT2D eigenvalue weighted by atomic mass is 16.5. The average molecular weight is 183 g/mol. The third kappa shape index (κ3) is 1.57. The summed E-state index contributed by atoms with van der Waals surface area (Å²) in [5.41, 5.74) is 0.453. The molecule has 0 aromatic rings. The zero-order chi connectivity index (χ0) is 9.47. The summed E-state index contributed by atoms with van der Waals surface area (Å²) in [6.45, 7) is 5.66. The second kappa shape index (κ2) is 2.98. The van der Waals surface area contributed by atoms with Gasteiger partial charge in [-0.15, -0.1) is 0 Å². The molecule has 0 unspecified atom stereocenters. The van der Waals surface area contributed by atoms with Crippen molar-refractivity contribution in [3.8, 4) is 0 Å². The second-order valence-corrected chi connectivity index (χ2v) is 4.76. The van der Waals surface area contributed by atoms with Gasteiger partial charge in [0.2, 0.25) is 5.91 Å². The summed E-state index contributed by atoms with van der Waals surface area (Å²) in [5, 5.41) is 3.04. The van der Waals surface area contributed by atoms with E-state index >= 15 is 0 Å². The molecule has 2 fully saturated rings. The Morgan fingerprint density at radius 2 is 2.08 bits per heavy atom. The first kappa shape index (κ1) is 9.00. The van der Waals surface area contributed by atoms with Crippen molar-refractivity contribution >= 4 is 5.91 Å². The lowest BCUT2D eigenvalue weighted by atomic mass is 9.64. The van der Waals surface area contributed by atoms with Crippen LogP contribution in [-0.4, -0.2) is 25.2 Å². The van der Waals surface area contributed by atoms with Gasteiger partial charge in [0.05, 0.1) is 13.2 Å². The maximum Gasteiger partial charge on any atom is 0.222 e. The molecule has 74 valence electrons.